The zero-order valence-electron chi connectivity index (χ0n) is 11.7. The summed E-state index contributed by atoms with van der Waals surface area (Å²) in [6, 6.07) is 7.91. The Labute approximate surface area is 131 Å². The predicted molar refractivity (Wildman–Crippen MR) is 82.6 cm³/mol. The highest BCUT2D eigenvalue weighted by Gasteiger charge is 2.28. The second kappa shape index (κ2) is 5.42. The van der Waals surface area contributed by atoms with Crippen LogP contribution in [0.15, 0.2) is 45.0 Å². The molecule has 0 spiro atoms. The van der Waals surface area contributed by atoms with Crippen molar-refractivity contribution in [2.45, 2.75) is 35.0 Å². The molecule has 114 valence electrons. The molecule has 2 atom stereocenters. The molecule has 1 aromatic heterocycles. The van der Waals surface area contributed by atoms with Gasteiger partial charge in [0, 0.05) is 11.1 Å². The largest absolute Gasteiger partial charge is 0.394 e. The number of anilines is 2. The fourth-order valence-electron chi connectivity index (χ4n) is 2.75. The number of hydrogen-bond donors (Lipinski definition) is 2. The van der Waals surface area contributed by atoms with Crippen molar-refractivity contribution in [3.05, 3.63) is 40.9 Å². The van der Waals surface area contributed by atoms with E-state index in [1.54, 1.807) is 18.0 Å². The third-order valence-corrected chi connectivity index (χ3v) is 4.97. The molecule has 0 amide bonds. The molecular weight excluding hydrogens is 302 g/mol. The van der Waals surface area contributed by atoms with Gasteiger partial charge in [-0.1, -0.05) is 23.9 Å². The quantitative estimate of drug-likeness (QED) is 0.754. The molecule has 1 aromatic carbocycles. The Morgan fingerprint density at radius 3 is 3.05 bits per heavy atom. The summed E-state index contributed by atoms with van der Waals surface area (Å²) in [5, 5.41) is 12.4. The molecule has 4 rings (SSSR count). The molecule has 0 bridgehead atoms. The first-order chi connectivity index (χ1) is 10.7. The van der Waals surface area contributed by atoms with Crippen molar-refractivity contribution in [1.82, 2.24) is 9.55 Å². The molecule has 0 aliphatic carbocycles. The third kappa shape index (κ3) is 2.31. The van der Waals surface area contributed by atoms with Crippen LogP contribution in [0, 0.1) is 0 Å². The SMILES string of the molecule is O=c1nc2c(cn1[C@H]1CC[C@@H](CO)O1)Sc1ccccc1N2. The molecule has 0 saturated carbocycles. The molecule has 1 saturated heterocycles. The van der Waals surface area contributed by atoms with E-state index in [1.165, 1.54) is 4.57 Å². The second-order valence-electron chi connectivity index (χ2n) is 5.34. The molecule has 2 N–H and O–H groups in total. The van der Waals surface area contributed by atoms with Gasteiger partial charge >= 0.3 is 5.69 Å². The van der Waals surface area contributed by atoms with E-state index in [-0.39, 0.29) is 24.6 Å². The highest BCUT2D eigenvalue weighted by atomic mass is 32.2. The number of rotatable bonds is 2. The average molecular weight is 317 g/mol. The summed E-state index contributed by atoms with van der Waals surface area (Å²) in [6.07, 6.45) is 2.71. The topological polar surface area (TPSA) is 76.4 Å². The lowest BCUT2D eigenvalue weighted by atomic mass is 10.2. The molecule has 22 heavy (non-hydrogen) atoms. The molecule has 0 radical (unpaired) electrons. The van der Waals surface area contributed by atoms with Crippen LogP contribution in [0.25, 0.3) is 0 Å². The van der Waals surface area contributed by atoms with E-state index in [0.29, 0.717) is 12.2 Å². The van der Waals surface area contributed by atoms with Gasteiger partial charge in [0.05, 0.1) is 23.3 Å². The number of benzene rings is 1. The van der Waals surface area contributed by atoms with Gasteiger partial charge in [-0.3, -0.25) is 4.57 Å². The van der Waals surface area contributed by atoms with Crippen molar-refractivity contribution >= 4 is 23.3 Å². The lowest BCUT2D eigenvalue weighted by molar-refractivity contribution is -0.0248. The van der Waals surface area contributed by atoms with Gasteiger partial charge in [0.15, 0.2) is 5.82 Å². The first kappa shape index (κ1) is 13.8. The van der Waals surface area contributed by atoms with Crippen LogP contribution in [0.5, 0.6) is 0 Å². The van der Waals surface area contributed by atoms with Crippen LogP contribution in [0.1, 0.15) is 19.1 Å². The van der Waals surface area contributed by atoms with Crippen LogP contribution >= 0.6 is 11.8 Å². The van der Waals surface area contributed by atoms with Gasteiger partial charge < -0.3 is 15.2 Å². The Morgan fingerprint density at radius 1 is 1.36 bits per heavy atom. The maximum atomic E-state index is 12.2. The number of ether oxygens (including phenoxy) is 1. The number of nitrogens with zero attached hydrogens (tertiary/aromatic N) is 2. The van der Waals surface area contributed by atoms with Crippen LogP contribution in [-0.2, 0) is 4.74 Å². The fourth-order valence-corrected chi connectivity index (χ4v) is 3.72. The van der Waals surface area contributed by atoms with Gasteiger partial charge in [0.1, 0.15) is 6.23 Å². The predicted octanol–water partition coefficient (Wildman–Crippen LogP) is 2.12. The highest BCUT2D eigenvalue weighted by Crippen LogP contribution is 2.42. The first-order valence-electron chi connectivity index (χ1n) is 7.18. The Bertz CT molecular complexity index is 777. The van der Waals surface area contributed by atoms with Crippen LogP contribution < -0.4 is 11.0 Å². The van der Waals surface area contributed by atoms with Crippen LogP contribution in [0.4, 0.5) is 11.5 Å². The Kier molecular flexibility index (Phi) is 3.40. The van der Waals surface area contributed by atoms with Crippen LogP contribution in [0.2, 0.25) is 0 Å². The van der Waals surface area contributed by atoms with Crippen molar-refractivity contribution < 1.29 is 9.84 Å². The monoisotopic (exact) mass is 317 g/mol. The summed E-state index contributed by atoms with van der Waals surface area (Å²) < 4.78 is 7.21. The molecule has 2 aliphatic heterocycles. The van der Waals surface area contributed by atoms with E-state index in [1.807, 2.05) is 24.3 Å². The Hall–Kier alpha value is -1.83. The summed E-state index contributed by atoms with van der Waals surface area (Å²) in [6.45, 7) is -0.0205. The van der Waals surface area contributed by atoms with Crippen molar-refractivity contribution in [3.8, 4) is 0 Å². The zero-order valence-corrected chi connectivity index (χ0v) is 12.5. The van der Waals surface area contributed by atoms with Gasteiger partial charge in [0.25, 0.3) is 0 Å². The van der Waals surface area contributed by atoms with E-state index in [4.69, 9.17) is 9.84 Å². The molecule has 2 aromatic rings. The number of aliphatic hydroxyl groups is 1. The average Bonchev–Trinajstić information content (AvgIpc) is 3.01. The number of aliphatic hydroxyl groups excluding tert-OH is 1. The van der Waals surface area contributed by atoms with Gasteiger partial charge in [-0.25, -0.2) is 4.79 Å². The molecule has 1 fully saturated rings. The van der Waals surface area contributed by atoms with Crippen LogP contribution in [0.3, 0.4) is 0 Å². The van der Waals surface area contributed by atoms with Gasteiger partial charge in [0.2, 0.25) is 0 Å². The summed E-state index contributed by atoms with van der Waals surface area (Å²) in [4.78, 5) is 18.4. The maximum absolute atomic E-state index is 12.2. The summed E-state index contributed by atoms with van der Waals surface area (Å²) in [5.74, 6) is 0.585. The minimum atomic E-state index is -0.347. The molecule has 6 nitrogen and oxygen atoms in total. The molecule has 3 heterocycles. The molecule has 2 aliphatic rings. The number of aromatic nitrogens is 2. The van der Waals surface area contributed by atoms with E-state index in [0.717, 1.165) is 21.9 Å². The summed E-state index contributed by atoms with van der Waals surface area (Å²) in [7, 11) is 0. The van der Waals surface area contributed by atoms with E-state index >= 15 is 0 Å². The van der Waals surface area contributed by atoms with E-state index in [9.17, 15) is 4.79 Å². The van der Waals surface area contributed by atoms with E-state index in [2.05, 4.69) is 10.3 Å². The maximum Gasteiger partial charge on any atom is 0.351 e. The summed E-state index contributed by atoms with van der Waals surface area (Å²) in [5.41, 5.74) is 0.622. The molecule has 0 unspecified atom stereocenters. The fraction of sp³-hybridized carbons (Fsp3) is 0.333. The first-order valence-corrected chi connectivity index (χ1v) is 7.99. The van der Waals surface area contributed by atoms with Crippen molar-refractivity contribution in [2.75, 3.05) is 11.9 Å². The smallest absolute Gasteiger partial charge is 0.351 e. The van der Waals surface area contributed by atoms with E-state index < -0.39 is 0 Å². The van der Waals surface area contributed by atoms with Gasteiger partial charge in [-0.05, 0) is 25.0 Å². The molecule has 7 heteroatoms. The van der Waals surface area contributed by atoms with Crippen molar-refractivity contribution in [3.63, 3.8) is 0 Å². The number of fused-ring (bicyclic) bond motifs is 2. The van der Waals surface area contributed by atoms with Crippen molar-refractivity contribution in [2.24, 2.45) is 0 Å². The number of hydrogen-bond acceptors (Lipinski definition) is 6. The van der Waals surface area contributed by atoms with Gasteiger partial charge in [-0.2, -0.15) is 4.98 Å². The Balaban J connectivity index is 1.69. The van der Waals surface area contributed by atoms with Crippen LogP contribution in [-0.4, -0.2) is 27.4 Å². The normalized spacial score (nSPS) is 22.8. The number of nitrogens with one attached hydrogen (secondary N) is 1. The van der Waals surface area contributed by atoms with Crippen molar-refractivity contribution in [1.29, 1.82) is 0 Å². The minimum absolute atomic E-state index is 0.0205. The standard InChI is InChI=1S/C15H15N3O3S/c19-8-9-5-6-13(21-9)18-7-12-14(17-15(18)20)16-10-3-1-2-4-11(10)22-12/h1-4,7,9,13,19H,5-6,8H2,(H,16,17,20)/t9-,13+/m0/s1. The highest BCUT2D eigenvalue weighted by molar-refractivity contribution is 7.99. The lowest BCUT2D eigenvalue weighted by Crippen LogP contribution is -2.28. The lowest BCUT2D eigenvalue weighted by Gasteiger charge is -2.22. The summed E-state index contributed by atoms with van der Waals surface area (Å²) >= 11 is 1.58. The second-order valence-corrected chi connectivity index (χ2v) is 6.42. The molecular formula is C15H15N3O3S. The Morgan fingerprint density at radius 2 is 2.23 bits per heavy atom. The zero-order chi connectivity index (χ0) is 15.1. The minimum Gasteiger partial charge on any atom is -0.394 e. The third-order valence-electron chi connectivity index (χ3n) is 3.88. The number of para-hydroxylation sites is 1. The van der Waals surface area contributed by atoms with Gasteiger partial charge in [-0.15, -0.1) is 0 Å².